The Balaban J connectivity index is 1.15. The number of allylic oxidation sites excluding steroid dienone is 3. The maximum Gasteiger partial charge on any atom is 0.0465 e. The van der Waals surface area contributed by atoms with Crippen molar-refractivity contribution in [2.24, 2.45) is 0 Å². The first-order valence-electron chi connectivity index (χ1n) is 19.9. The van der Waals surface area contributed by atoms with E-state index in [-0.39, 0.29) is 16.7 Å². The summed E-state index contributed by atoms with van der Waals surface area (Å²) in [7, 11) is 0. The molecule has 0 bridgehead atoms. The van der Waals surface area contributed by atoms with Gasteiger partial charge in [0.1, 0.15) is 0 Å². The Kier molecular flexibility index (Phi) is 9.14. The van der Waals surface area contributed by atoms with Crippen LogP contribution in [-0.4, -0.2) is 5.25 Å². The first-order chi connectivity index (χ1) is 27.0. The lowest BCUT2D eigenvalue weighted by molar-refractivity contribution is 0.568. The fourth-order valence-corrected chi connectivity index (χ4v) is 9.73. The fourth-order valence-electron chi connectivity index (χ4n) is 8.37. The summed E-state index contributed by atoms with van der Waals surface area (Å²) in [4.78, 5) is 3.80. The Morgan fingerprint density at radius 3 is 1.77 bits per heavy atom. The summed E-state index contributed by atoms with van der Waals surface area (Å²) in [6.45, 7) is 14.0. The molecule has 0 aromatic heterocycles. The maximum atomic E-state index is 2.47. The highest BCUT2D eigenvalue weighted by Crippen LogP contribution is 2.55. The summed E-state index contributed by atoms with van der Waals surface area (Å²) in [5.74, 6) is 0.263. The lowest BCUT2D eigenvalue weighted by Gasteiger charge is -2.30. The molecule has 7 aromatic carbocycles. The van der Waals surface area contributed by atoms with Gasteiger partial charge in [0, 0.05) is 33.1 Å². The number of anilines is 3. The van der Waals surface area contributed by atoms with Gasteiger partial charge in [-0.05, 0) is 114 Å². The third-order valence-corrected chi connectivity index (χ3v) is 12.9. The van der Waals surface area contributed by atoms with E-state index in [1.54, 1.807) is 0 Å². The van der Waals surface area contributed by atoms with Crippen molar-refractivity contribution in [1.82, 2.24) is 0 Å². The molecule has 2 atom stereocenters. The summed E-state index contributed by atoms with van der Waals surface area (Å²) in [5, 5.41) is 2.89. The molecule has 0 spiro atoms. The third kappa shape index (κ3) is 6.82. The van der Waals surface area contributed by atoms with Gasteiger partial charge in [0.15, 0.2) is 0 Å². The van der Waals surface area contributed by atoms with Gasteiger partial charge in [0.2, 0.25) is 0 Å². The van der Waals surface area contributed by atoms with Crippen LogP contribution in [-0.2, 0) is 10.8 Å². The molecule has 1 aliphatic carbocycles. The first kappa shape index (κ1) is 36.1. The van der Waals surface area contributed by atoms with Gasteiger partial charge >= 0.3 is 0 Å². The van der Waals surface area contributed by atoms with E-state index < -0.39 is 0 Å². The molecular weight excluding hydrogens is 695 g/mol. The number of hydrogen-bond acceptors (Lipinski definition) is 2. The number of fused-ring (bicyclic) bond motifs is 4. The first-order valence-corrected chi connectivity index (χ1v) is 20.8. The SMILES string of the molecule is CC(C)(C)c1cc(C2=CC=CC3Sc4ccc(N(c5ccc(-c6ccccc6)cc5)c5ccc(-c6cccc7ccccc67)cc5)cc4C23)cc(C(C)(C)C)c1. The van der Waals surface area contributed by atoms with E-state index in [0.717, 1.165) is 11.4 Å². The predicted octanol–water partition coefficient (Wildman–Crippen LogP) is 15.4. The Morgan fingerprint density at radius 1 is 0.500 bits per heavy atom. The van der Waals surface area contributed by atoms with Crippen LogP contribution in [0.25, 0.3) is 38.6 Å². The van der Waals surface area contributed by atoms with E-state index in [4.69, 9.17) is 0 Å². The van der Waals surface area contributed by atoms with E-state index in [9.17, 15) is 0 Å². The van der Waals surface area contributed by atoms with Gasteiger partial charge < -0.3 is 4.90 Å². The van der Waals surface area contributed by atoms with Gasteiger partial charge in [-0.3, -0.25) is 0 Å². The van der Waals surface area contributed by atoms with Crippen LogP contribution >= 0.6 is 11.8 Å². The van der Waals surface area contributed by atoms with Crippen LogP contribution in [0.1, 0.15) is 69.7 Å². The topological polar surface area (TPSA) is 3.24 Å². The molecule has 0 radical (unpaired) electrons. The Labute approximate surface area is 337 Å². The van der Waals surface area contributed by atoms with Crippen molar-refractivity contribution in [1.29, 1.82) is 0 Å². The second kappa shape index (κ2) is 14.2. The van der Waals surface area contributed by atoms with Crippen molar-refractivity contribution in [3.63, 3.8) is 0 Å². The molecule has 0 amide bonds. The van der Waals surface area contributed by atoms with Crippen LogP contribution in [0.3, 0.4) is 0 Å². The van der Waals surface area contributed by atoms with Gasteiger partial charge in [-0.15, -0.1) is 11.8 Å². The lowest BCUT2D eigenvalue weighted by Crippen LogP contribution is -2.19. The second-order valence-corrected chi connectivity index (χ2v) is 18.6. The minimum atomic E-state index is 0.0513. The molecule has 1 heterocycles. The zero-order valence-corrected chi connectivity index (χ0v) is 34.1. The van der Waals surface area contributed by atoms with E-state index >= 15 is 0 Å². The third-order valence-electron chi connectivity index (χ3n) is 11.5. The average Bonchev–Trinajstić information content (AvgIpc) is 3.59. The zero-order chi connectivity index (χ0) is 38.6. The molecule has 0 saturated carbocycles. The Bertz CT molecular complexity index is 2580. The molecule has 2 heteroatoms. The van der Waals surface area contributed by atoms with Gasteiger partial charge in [0.05, 0.1) is 0 Å². The lowest BCUT2D eigenvalue weighted by atomic mass is 9.75. The van der Waals surface area contributed by atoms with E-state index in [0.29, 0.717) is 5.25 Å². The second-order valence-electron chi connectivity index (χ2n) is 17.4. The molecule has 0 N–H and O–H groups in total. The largest absolute Gasteiger partial charge is 0.310 e. The molecule has 7 aromatic rings. The number of thioether (sulfide) groups is 1. The molecule has 0 fully saturated rings. The molecular formula is C54H49NS. The quantitative estimate of drug-likeness (QED) is 0.167. The van der Waals surface area contributed by atoms with Crippen molar-refractivity contribution >= 4 is 45.2 Å². The molecule has 1 nitrogen and oxygen atoms in total. The standard InChI is InChI=1S/C54H49NS/c1-53(2,3)41-32-40(33-42(34-41)54(4,5)6)48-20-13-21-51-52(48)49-35-45(30-31-50(49)56-51)55(43-26-22-37(23-27-43)36-14-8-7-9-15-36)44-28-24-39(25-29-44)47-19-12-17-38-16-10-11-18-46(38)47/h7-35,51-52H,1-6H3. The van der Waals surface area contributed by atoms with Gasteiger partial charge in [-0.1, -0.05) is 175 Å². The highest BCUT2D eigenvalue weighted by Gasteiger charge is 2.37. The zero-order valence-electron chi connectivity index (χ0n) is 33.3. The van der Waals surface area contributed by atoms with Gasteiger partial charge in [-0.2, -0.15) is 0 Å². The smallest absolute Gasteiger partial charge is 0.0465 e. The molecule has 1 aliphatic heterocycles. The Morgan fingerprint density at radius 2 is 1.09 bits per heavy atom. The molecule has 2 aliphatic rings. The normalized spacial score (nSPS) is 16.4. The molecule has 2 unspecified atom stereocenters. The van der Waals surface area contributed by atoms with Crippen LogP contribution in [0.15, 0.2) is 181 Å². The molecule has 56 heavy (non-hydrogen) atoms. The number of rotatable bonds is 6. The van der Waals surface area contributed by atoms with Crippen LogP contribution < -0.4 is 4.90 Å². The van der Waals surface area contributed by atoms with Crippen LogP contribution in [0.5, 0.6) is 0 Å². The number of nitrogens with zero attached hydrogens (tertiary/aromatic N) is 1. The van der Waals surface area contributed by atoms with Gasteiger partial charge in [-0.25, -0.2) is 0 Å². The van der Waals surface area contributed by atoms with Crippen molar-refractivity contribution in [3.05, 3.63) is 198 Å². The highest BCUT2D eigenvalue weighted by atomic mass is 32.2. The summed E-state index contributed by atoms with van der Waals surface area (Å²) in [6, 6.07) is 58.6. The molecule has 276 valence electrons. The minimum Gasteiger partial charge on any atom is -0.310 e. The number of hydrogen-bond donors (Lipinski definition) is 0. The highest BCUT2D eigenvalue weighted by molar-refractivity contribution is 8.00. The van der Waals surface area contributed by atoms with Crippen molar-refractivity contribution in [3.8, 4) is 22.3 Å². The van der Waals surface area contributed by atoms with E-state index in [1.807, 2.05) is 11.8 Å². The van der Waals surface area contributed by atoms with E-state index in [1.165, 1.54) is 71.4 Å². The average molecular weight is 744 g/mol. The predicted molar refractivity (Wildman–Crippen MR) is 243 cm³/mol. The Hall–Kier alpha value is -5.57. The van der Waals surface area contributed by atoms with Crippen LogP contribution in [0.4, 0.5) is 17.1 Å². The summed E-state index contributed by atoms with van der Waals surface area (Å²) in [5.41, 5.74) is 15.4. The maximum absolute atomic E-state index is 2.47. The number of benzene rings is 7. The monoisotopic (exact) mass is 743 g/mol. The van der Waals surface area contributed by atoms with Crippen molar-refractivity contribution in [2.75, 3.05) is 4.90 Å². The van der Waals surface area contributed by atoms with Crippen LogP contribution in [0, 0.1) is 0 Å². The van der Waals surface area contributed by atoms with Gasteiger partial charge in [0.25, 0.3) is 0 Å². The summed E-state index contributed by atoms with van der Waals surface area (Å²) < 4.78 is 0. The molecule has 9 rings (SSSR count). The summed E-state index contributed by atoms with van der Waals surface area (Å²) in [6.07, 6.45) is 7.07. The van der Waals surface area contributed by atoms with Crippen molar-refractivity contribution in [2.45, 2.75) is 68.4 Å². The minimum absolute atomic E-state index is 0.0513. The van der Waals surface area contributed by atoms with Crippen molar-refractivity contribution < 1.29 is 0 Å². The van der Waals surface area contributed by atoms with E-state index in [2.05, 4.69) is 222 Å². The summed E-state index contributed by atoms with van der Waals surface area (Å²) >= 11 is 2.00. The molecule has 0 saturated heterocycles. The fraction of sp³-hybridized carbons (Fsp3) is 0.185. The van der Waals surface area contributed by atoms with Crippen LogP contribution in [0.2, 0.25) is 0 Å².